The lowest BCUT2D eigenvalue weighted by Gasteiger charge is -2.09. The van der Waals surface area contributed by atoms with Gasteiger partial charge in [-0.1, -0.05) is 17.7 Å². The molecule has 3 aromatic rings. The first kappa shape index (κ1) is 12.4. The first-order valence-corrected chi connectivity index (χ1v) is 7.43. The lowest BCUT2D eigenvalue weighted by Crippen LogP contribution is -2.08. The van der Waals surface area contributed by atoms with Crippen LogP contribution in [0.15, 0.2) is 42.6 Å². The zero-order chi connectivity index (χ0) is 14.2. The van der Waals surface area contributed by atoms with Crippen LogP contribution in [-0.4, -0.2) is 14.5 Å². The number of hydrogen-bond donors (Lipinski definition) is 1. The van der Waals surface area contributed by atoms with Crippen molar-refractivity contribution in [2.45, 2.75) is 32.4 Å². The molecular formula is C17H18N4. The average molecular weight is 278 g/mol. The van der Waals surface area contributed by atoms with Crippen LogP contribution >= 0.6 is 0 Å². The third-order valence-electron chi connectivity index (χ3n) is 3.94. The number of aryl methyl sites for hydroxylation is 1. The minimum absolute atomic E-state index is 0.583. The molecule has 0 unspecified atom stereocenters. The lowest BCUT2D eigenvalue weighted by molar-refractivity contribution is 0.705. The molecule has 21 heavy (non-hydrogen) atoms. The van der Waals surface area contributed by atoms with E-state index >= 15 is 0 Å². The van der Waals surface area contributed by atoms with Crippen molar-refractivity contribution in [2.75, 3.05) is 5.32 Å². The predicted octanol–water partition coefficient (Wildman–Crippen LogP) is 3.69. The Morgan fingerprint density at radius 3 is 2.76 bits per heavy atom. The molecule has 0 radical (unpaired) electrons. The predicted molar refractivity (Wildman–Crippen MR) is 84.3 cm³/mol. The van der Waals surface area contributed by atoms with E-state index in [9.17, 15) is 0 Å². The zero-order valence-electron chi connectivity index (χ0n) is 12.1. The lowest BCUT2D eigenvalue weighted by atomic mass is 10.2. The van der Waals surface area contributed by atoms with Crippen LogP contribution in [0.4, 0.5) is 5.69 Å². The van der Waals surface area contributed by atoms with E-state index in [2.05, 4.69) is 46.1 Å². The minimum Gasteiger partial charge on any atom is -0.378 e. The Kier molecular flexibility index (Phi) is 2.88. The van der Waals surface area contributed by atoms with E-state index < -0.39 is 0 Å². The molecule has 2 heterocycles. The Hall–Kier alpha value is -2.36. The molecular weight excluding hydrogens is 260 g/mol. The summed E-state index contributed by atoms with van der Waals surface area (Å²) < 4.78 is 2.30. The highest BCUT2D eigenvalue weighted by Gasteiger charge is 2.28. The molecule has 0 bridgehead atoms. The molecule has 1 aliphatic rings. The molecule has 1 N–H and O–H groups in total. The summed E-state index contributed by atoms with van der Waals surface area (Å²) in [5.41, 5.74) is 4.41. The number of anilines is 1. The standard InChI is InChI=1S/C17H18N4/c1-12-4-6-13(7-5-12)19-11-16-20-15-3-2-10-18-17(15)21(16)14-8-9-14/h2-7,10,14,19H,8-9,11H2,1H3. The second kappa shape index (κ2) is 4.88. The molecule has 2 aromatic heterocycles. The number of pyridine rings is 1. The van der Waals surface area contributed by atoms with Crippen molar-refractivity contribution in [1.29, 1.82) is 0 Å². The van der Waals surface area contributed by atoms with E-state index in [1.807, 2.05) is 18.3 Å². The minimum atomic E-state index is 0.583. The van der Waals surface area contributed by atoms with Crippen LogP contribution in [0, 0.1) is 6.92 Å². The molecule has 0 saturated heterocycles. The van der Waals surface area contributed by atoms with Crippen LogP contribution in [0.5, 0.6) is 0 Å². The van der Waals surface area contributed by atoms with Crippen LogP contribution in [0.2, 0.25) is 0 Å². The van der Waals surface area contributed by atoms with Gasteiger partial charge in [0.15, 0.2) is 5.65 Å². The number of imidazole rings is 1. The van der Waals surface area contributed by atoms with Gasteiger partial charge in [0.2, 0.25) is 0 Å². The molecule has 1 fully saturated rings. The number of nitrogens with one attached hydrogen (secondary N) is 1. The highest BCUT2D eigenvalue weighted by molar-refractivity contribution is 5.71. The van der Waals surface area contributed by atoms with Crippen molar-refractivity contribution in [1.82, 2.24) is 14.5 Å². The van der Waals surface area contributed by atoms with E-state index in [1.54, 1.807) is 0 Å². The maximum atomic E-state index is 4.74. The van der Waals surface area contributed by atoms with Crippen molar-refractivity contribution in [3.63, 3.8) is 0 Å². The molecule has 4 rings (SSSR count). The number of fused-ring (bicyclic) bond motifs is 1. The van der Waals surface area contributed by atoms with Gasteiger partial charge in [-0.15, -0.1) is 0 Å². The number of rotatable bonds is 4. The van der Waals surface area contributed by atoms with Gasteiger partial charge < -0.3 is 9.88 Å². The smallest absolute Gasteiger partial charge is 0.160 e. The zero-order valence-corrected chi connectivity index (χ0v) is 12.1. The fourth-order valence-corrected chi connectivity index (χ4v) is 2.67. The summed E-state index contributed by atoms with van der Waals surface area (Å²) in [6, 6.07) is 13.0. The molecule has 106 valence electrons. The monoisotopic (exact) mass is 278 g/mol. The molecule has 0 spiro atoms. The highest BCUT2D eigenvalue weighted by Crippen LogP contribution is 2.38. The fourth-order valence-electron chi connectivity index (χ4n) is 2.67. The highest BCUT2D eigenvalue weighted by atomic mass is 15.2. The number of aromatic nitrogens is 3. The van der Waals surface area contributed by atoms with Gasteiger partial charge in [-0.2, -0.15) is 0 Å². The summed E-state index contributed by atoms with van der Waals surface area (Å²) in [4.78, 5) is 9.25. The van der Waals surface area contributed by atoms with Crippen LogP contribution in [0.1, 0.15) is 30.3 Å². The van der Waals surface area contributed by atoms with Crippen molar-refractivity contribution in [2.24, 2.45) is 0 Å². The van der Waals surface area contributed by atoms with Crippen LogP contribution in [-0.2, 0) is 6.54 Å². The van der Waals surface area contributed by atoms with Gasteiger partial charge in [-0.25, -0.2) is 9.97 Å². The molecule has 4 heteroatoms. The molecule has 0 amide bonds. The van der Waals surface area contributed by atoms with Crippen molar-refractivity contribution >= 4 is 16.9 Å². The molecule has 0 aliphatic heterocycles. The summed E-state index contributed by atoms with van der Waals surface area (Å²) in [7, 11) is 0. The summed E-state index contributed by atoms with van der Waals surface area (Å²) in [6.45, 7) is 2.83. The van der Waals surface area contributed by atoms with Gasteiger partial charge >= 0.3 is 0 Å². The second-order valence-electron chi connectivity index (χ2n) is 5.69. The molecule has 4 nitrogen and oxygen atoms in total. The Morgan fingerprint density at radius 1 is 1.19 bits per heavy atom. The number of benzene rings is 1. The summed E-state index contributed by atoms with van der Waals surface area (Å²) in [6.07, 6.45) is 4.32. The molecule has 1 aliphatic carbocycles. The average Bonchev–Trinajstić information content (AvgIpc) is 3.27. The van der Waals surface area contributed by atoms with Crippen LogP contribution in [0.25, 0.3) is 11.2 Å². The van der Waals surface area contributed by atoms with E-state index in [-0.39, 0.29) is 0 Å². The molecule has 1 aromatic carbocycles. The van der Waals surface area contributed by atoms with Gasteiger partial charge in [0.05, 0.1) is 6.54 Å². The molecule has 1 saturated carbocycles. The largest absolute Gasteiger partial charge is 0.378 e. The van der Waals surface area contributed by atoms with E-state index in [1.165, 1.54) is 18.4 Å². The van der Waals surface area contributed by atoms with Crippen LogP contribution in [0.3, 0.4) is 0 Å². The summed E-state index contributed by atoms with van der Waals surface area (Å²) >= 11 is 0. The third kappa shape index (κ3) is 2.37. The van der Waals surface area contributed by atoms with Crippen molar-refractivity contribution in [3.05, 3.63) is 54.0 Å². The van der Waals surface area contributed by atoms with E-state index in [0.717, 1.165) is 29.2 Å². The second-order valence-corrected chi connectivity index (χ2v) is 5.69. The van der Waals surface area contributed by atoms with Crippen LogP contribution < -0.4 is 5.32 Å². The van der Waals surface area contributed by atoms with E-state index in [0.29, 0.717) is 6.04 Å². The Morgan fingerprint density at radius 2 is 2.00 bits per heavy atom. The quantitative estimate of drug-likeness (QED) is 0.791. The normalized spacial score (nSPS) is 14.5. The number of hydrogen-bond acceptors (Lipinski definition) is 3. The first-order valence-electron chi connectivity index (χ1n) is 7.43. The van der Waals surface area contributed by atoms with Gasteiger partial charge in [0, 0.05) is 17.9 Å². The van der Waals surface area contributed by atoms with E-state index in [4.69, 9.17) is 4.98 Å². The first-order chi connectivity index (χ1) is 10.3. The molecule has 0 atom stereocenters. The number of nitrogens with zero attached hydrogens (tertiary/aromatic N) is 3. The van der Waals surface area contributed by atoms with Gasteiger partial charge in [0.25, 0.3) is 0 Å². The Bertz CT molecular complexity index is 769. The van der Waals surface area contributed by atoms with Gasteiger partial charge in [-0.05, 0) is 44.0 Å². The third-order valence-corrected chi connectivity index (χ3v) is 3.94. The maximum absolute atomic E-state index is 4.74. The van der Waals surface area contributed by atoms with Crippen molar-refractivity contribution < 1.29 is 0 Å². The van der Waals surface area contributed by atoms with Gasteiger partial charge in [0.1, 0.15) is 11.3 Å². The summed E-state index contributed by atoms with van der Waals surface area (Å²) in [5, 5.41) is 3.46. The Labute approximate surface area is 123 Å². The van der Waals surface area contributed by atoms with Gasteiger partial charge in [-0.3, -0.25) is 0 Å². The Balaban J connectivity index is 1.63. The fraction of sp³-hybridized carbons (Fsp3) is 0.294. The maximum Gasteiger partial charge on any atom is 0.160 e. The summed E-state index contributed by atoms with van der Waals surface area (Å²) in [5.74, 6) is 1.08. The van der Waals surface area contributed by atoms with Crippen molar-refractivity contribution in [3.8, 4) is 0 Å². The topological polar surface area (TPSA) is 42.7 Å². The SMILES string of the molecule is Cc1ccc(NCc2nc3cccnc3n2C2CC2)cc1.